The number of fused-ring (bicyclic) bond motifs is 1. The fourth-order valence-electron chi connectivity index (χ4n) is 3.51. The lowest BCUT2D eigenvalue weighted by Crippen LogP contribution is -2.38. The van der Waals surface area contributed by atoms with Crippen molar-refractivity contribution in [3.63, 3.8) is 0 Å². The molecule has 1 aromatic rings. The van der Waals surface area contributed by atoms with E-state index >= 15 is 0 Å². The van der Waals surface area contributed by atoms with Crippen LogP contribution in [-0.2, 0) is 16.0 Å². The van der Waals surface area contributed by atoms with E-state index < -0.39 is 0 Å². The zero-order valence-corrected chi connectivity index (χ0v) is 14.7. The predicted molar refractivity (Wildman–Crippen MR) is 88.3 cm³/mol. The Morgan fingerprint density at radius 1 is 1.26 bits per heavy atom. The third-order valence-electron chi connectivity index (χ3n) is 4.89. The lowest BCUT2D eigenvalue weighted by Gasteiger charge is -2.34. The van der Waals surface area contributed by atoms with E-state index in [1.165, 1.54) is 12.8 Å². The van der Waals surface area contributed by atoms with E-state index in [1.807, 2.05) is 0 Å². The zero-order valence-electron chi connectivity index (χ0n) is 14.7. The minimum atomic E-state index is 0.0271. The number of ether oxygens (including phenoxy) is 2. The topological polar surface area (TPSA) is 52.4 Å². The van der Waals surface area contributed by atoms with Gasteiger partial charge in [-0.2, -0.15) is 0 Å². The Morgan fingerprint density at radius 2 is 2.13 bits per heavy atom. The van der Waals surface area contributed by atoms with Crippen molar-refractivity contribution in [3.8, 4) is 0 Å². The Bertz CT molecular complexity index is 497. The number of hydrogen-bond acceptors (Lipinski definition) is 5. The quantitative estimate of drug-likeness (QED) is 0.754. The molecule has 3 heterocycles. The Labute approximate surface area is 139 Å². The summed E-state index contributed by atoms with van der Waals surface area (Å²) in [5.74, 6) is 2.65. The van der Waals surface area contributed by atoms with Gasteiger partial charge in [-0.3, -0.25) is 4.90 Å². The van der Waals surface area contributed by atoms with Crippen LogP contribution >= 0.6 is 0 Å². The van der Waals surface area contributed by atoms with Gasteiger partial charge in [0.15, 0.2) is 6.29 Å². The summed E-state index contributed by atoms with van der Waals surface area (Å²) in [6.45, 7) is 11.3. The SMILES string of the molecule is CC(C)c1nnc2n1CCN(CCCO[C@H]1CCCCO1)[C@@H]2C. The molecule has 2 aliphatic heterocycles. The summed E-state index contributed by atoms with van der Waals surface area (Å²) in [7, 11) is 0. The van der Waals surface area contributed by atoms with Crippen molar-refractivity contribution < 1.29 is 9.47 Å². The fraction of sp³-hybridized carbons (Fsp3) is 0.882. The largest absolute Gasteiger partial charge is 0.353 e. The highest BCUT2D eigenvalue weighted by molar-refractivity contribution is 5.06. The van der Waals surface area contributed by atoms with E-state index in [0.29, 0.717) is 12.0 Å². The van der Waals surface area contributed by atoms with Crippen molar-refractivity contribution in [1.82, 2.24) is 19.7 Å². The van der Waals surface area contributed by atoms with Gasteiger partial charge in [0, 0.05) is 32.2 Å². The minimum Gasteiger partial charge on any atom is -0.353 e. The van der Waals surface area contributed by atoms with Crippen LogP contribution in [0.25, 0.3) is 0 Å². The van der Waals surface area contributed by atoms with Crippen LogP contribution in [0.3, 0.4) is 0 Å². The molecule has 0 radical (unpaired) electrons. The highest BCUT2D eigenvalue weighted by Gasteiger charge is 2.28. The number of hydrogen-bond donors (Lipinski definition) is 0. The summed E-state index contributed by atoms with van der Waals surface area (Å²) in [5, 5.41) is 8.82. The third kappa shape index (κ3) is 3.92. The smallest absolute Gasteiger partial charge is 0.157 e. The lowest BCUT2D eigenvalue weighted by atomic mass is 10.1. The number of rotatable bonds is 6. The summed E-state index contributed by atoms with van der Waals surface area (Å²) in [6, 6.07) is 0.328. The molecule has 6 heteroatoms. The Kier molecular flexibility index (Phi) is 5.67. The van der Waals surface area contributed by atoms with Gasteiger partial charge in [0.05, 0.1) is 12.6 Å². The van der Waals surface area contributed by atoms with Gasteiger partial charge in [-0.1, -0.05) is 13.8 Å². The van der Waals surface area contributed by atoms with Crippen molar-refractivity contribution in [2.75, 3.05) is 26.3 Å². The Balaban J connectivity index is 1.46. The van der Waals surface area contributed by atoms with E-state index in [-0.39, 0.29) is 6.29 Å². The van der Waals surface area contributed by atoms with Crippen LogP contribution in [0.15, 0.2) is 0 Å². The predicted octanol–water partition coefficient (Wildman–Crippen LogP) is 2.71. The molecule has 0 N–H and O–H groups in total. The van der Waals surface area contributed by atoms with Crippen molar-refractivity contribution in [2.24, 2.45) is 0 Å². The normalized spacial score (nSPS) is 25.7. The minimum absolute atomic E-state index is 0.0271. The van der Waals surface area contributed by atoms with Gasteiger partial charge in [-0.05, 0) is 32.6 Å². The maximum absolute atomic E-state index is 5.83. The van der Waals surface area contributed by atoms with E-state index in [0.717, 1.165) is 57.3 Å². The summed E-state index contributed by atoms with van der Waals surface area (Å²) >= 11 is 0. The molecule has 0 amide bonds. The summed E-state index contributed by atoms with van der Waals surface area (Å²) < 4.78 is 13.7. The van der Waals surface area contributed by atoms with Crippen LogP contribution < -0.4 is 0 Å². The molecule has 130 valence electrons. The molecule has 2 aliphatic rings. The summed E-state index contributed by atoms with van der Waals surface area (Å²) in [4.78, 5) is 2.49. The highest BCUT2D eigenvalue weighted by Crippen LogP contribution is 2.26. The van der Waals surface area contributed by atoms with Gasteiger partial charge < -0.3 is 14.0 Å². The maximum atomic E-state index is 5.83. The van der Waals surface area contributed by atoms with E-state index in [2.05, 4.69) is 40.4 Å². The van der Waals surface area contributed by atoms with Gasteiger partial charge in [-0.25, -0.2) is 0 Å². The molecule has 1 fully saturated rings. The summed E-state index contributed by atoms with van der Waals surface area (Å²) in [6.07, 6.45) is 4.50. The zero-order chi connectivity index (χ0) is 16.2. The molecule has 0 bridgehead atoms. The van der Waals surface area contributed by atoms with Crippen LogP contribution in [0.4, 0.5) is 0 Å². The number of nitrogens with zero attached hydrogens (tertiary/aromatic N) is 4. The molecule has 6 nitrogen and oxygen atoms in total. The molecular formula is C17H30N4O2. The Morgan fingerprint density at radius 3 is 2.87 bits per heavy atom. The van der Waals surface area contributed by atoms with Gasteiger partial charge in [0.1, 0.15) is 11.6 Å². The second-order valence-corrected chi connectivity index (χ2v) is 6.96. The van der Waals surface area contributed by atoms with Gasteiger partial charge in [-0.15, -0.1) is 10.2 Å². The van der Waals surface area contributed by atoms with Gasteiger partial charge in [0.2, 0.25) is 0 Å². The van der Waals surface area contributed by atoms with Crippen LogP contribution in [0.1, 0.15) is 70.1 Å². The molecule has 1 aromatic heterocycles. The van der Waals surface area contributed by atoms with Crippen LogP contribution in [0.5, 0.6) is 0 Å². The van der Waals surface area contributed by atoms with Crippen molar-refractivity contribution in [3.05, 3.63) is 11.6 Å². The average molecular weight is 322 g/mol. The molecule has 2 atom stereocenters. The third-order valence-corrected chi connectivity index (χ3v) is 4.89. The van der Waals surface area contributed by atoms with Gasteiger partial charge in [0.25, 0.3) is 0 Å². The van der Waals surface area contributed by atoms with Crippen molar-refractivity contribution in [2.45, 2.75) is 71.2 Å². The van der Waals surface area contributed by atoms with E-state index in [4.69, 9.17) is 9.47 Å². The molecular weight excluding hydrogens is 292 g/mol. The van der Waals surface area contributed by atoms with Crippen molar-refractivity contribution in [1.29, 1.82) is 0 Å². The molecule has 0 spiro atoms. The average Bonchev–Trinajstić information content (AvgIpc) is 2.99. The van der Waals surface area contributed by atoms with Crippen LogP contribution in [0, 0.1) is 0 Å². The highest BCUT2D eigenvalue weighted by atomic mass is 16.7. The second kappa shape index (κ2) is 7.73. The fourth-order valence-corrected chi connectivity index (χ4v) is 3.51. The van der Waals surface area contributed by atoms with E-state index in [1.54, 1.807) is 0 Å². The standard InChI is InChI=1S/C17H30N4O2/c1-13(2)16-18-19-17-14(3)20(9-10-21(16)17)8-6-12-23-15-7-4-5-11-22-15/h13-15H,4-12H2,1-3H3/t14-,15+/m1/s1. The molecule has 23 heavy (non-hydrogen) atoms. The molecule has 0 aromatic carbocycles. The molecule has 0 saturated carbocycles. The monoisotopic (exact) mass is 322 g/mol. The molecule has 0 aliphatic carbocycles. The Hall–Kier alpha value is -0.980. The lowest BCUT2D eigenvalue weighted by molar-refractivity contribution is -0.163. The van der Waals surface area contributed by atoms with Gasteiger partial charge >= 0.3 is 0 Å². The molecule has 0 unspecified atom stereocenters. The maximum Gasteiger partial charge on any atom is 0.157 e. The first-order valence-electron chi connectivity index (χ1n) is 9.07. The second-order valence-electron chi connectivity index (χ2n) is 6.96. The summed E-state index contributed by atoms with van der Waals surface area (Å²) in [5.41, 5.74) is 0. The first-order chi connectivity index (χ1) is 11.2. The van der Waals surface area contributed by atoms with Crippen LogP contribution in [0.2, 0.25) is 0 Å². The number of aromatic nitrogens is 3. The van der Waals surface area contributed by atoms with E-state index in [9.17, 15) is 0 Å². The first kappa shape index (κ1) is 16.9. The van der Waals surface area contributed by atoms with Crippen molar-refractivity contribution >= 4 is 0 Å². The molecule has 1 saturated heterocycles. The van der Waals surface area contributed by atoms with Crippen LogP contribution in [-0.4, -0.2) is 52.3 Å². The molecule has 3 rings (SSSR count). The first-order valence-corrected chi connectivity index (χ1v) is 9.07.